The van der Waals surface area contributed by atoms with Crippen LogP contribution < -0.4 is 0 Å². The van der Waals surface area contributed by atoms with Gasteiger partial charge in [0.1, 0.15) is 0 Å². The number of rotatable bonds is 8. The quantitative estimate of drug-likeness (QED) is 0.602. The summed E-state index contributed by atoms with van der Waals surface area (Å²) in [6.45, 7) is 11.7. The van der Waals surface area contributed by atoms with E-state index in [1.165, 1.54) is 32.4 Å². The van der Waals surface area contributed by atoms with Gasteiger partial charge in [-0.25, -0.2) is 0 Å². The van der Waals surface area contributed by atoms with Crippen molar-refractivity contribution in [1.82, 2.24) is 4.90 Å². The molecule has 0 N–H and O–H groups in total. The topological polar surface area (TPSA) is 3.24 Å². The summed E-state index contributed by atoms with van der Waals surface area (Å²) in [7, 11) is 2.26. The molecular formula is C13H28BrN. The molecule has 0 saturated heterocycles. The monoisotopic (exact) mass is 277 g/mol. The smallest absolute Gasteiger partial charge is 0.01000 e. The second kappa shape index (κ2) is 7.67. The van der Waals surface area contributed by atoms with Gasteiger partial charge in [-0.2, -0.15) is 0 Å². The first-order valence-corrected chi connectivity index (χ1v) is 7.40. The molecule has 0 aromatic rings. The minimum atomic E-state index is 0.474. The molecule has 0 aromatic heterocycles. The van der Waals surface area contributed by atoms with E-state index >= 15 is 0 Å². The highest BCUT2D eigenvalue weighted by Crippen LogP contribution is 2.29. The van der Waals surface area contributed by atoms with Gasteiger partial charge in [-0.1, -0.05) is 50.0 Å². The van der Waals surface area contributed by atoms with E-state index < -0.39 is 0 Å². The van der Waals surface area contributed by atoms with Gasteiger partial charge in [-0.3, -0.25) is 0 Å². The lowest BCUT2D eigenvalue weighted by atomic mass is 9.84. The van der Waals surface area contributed by atoms with Crippen molar-refractivity contribution in [2.24, 2.45) is 11.3 Å². The highest BCUT2D eigenvalue weighted by Gasteiger charge is 2.26. The highest BCUT2D eigenvalue weighted by atomic mass is 79.9. The van der Waals surface area contributed by atoms with Gasteiger partial charge in [-0.05, 0) is 31.2 Å². The van der Waals surface area contributed by atoms with Crippen LogP contribution in [0.2, 0.25) is 0 Å². The van der Waals surface area contributed by atoms with Crippen LogP contribution in [-0.4, -0.2) is 30.4 Å². The van der Waals surface area contributed by atoms with Gasteiger partial charge >= 0.3 is 0 Å². The Hall–Kier alpha value is 0.440. The van der Waals surface area contributed by atoms with E-state index in [4.69, 9.17) is 0 Å². The van der Waals surface area contributed by atoms with Crippen molar-refractivity contribution in [3.05, 3.63) is 0 Å². The van der Waals surface area contributed by atoms with Crippen LogP contribution in [0.3, 0.4) is 0 Å². The molecule has 1 unspecified atom stereocenters. The summed E-state index contributed by atoms with van der Waals surface area (Å²) in [6.07, 6.45) is 3.81. The predicted molar refractivity (Wildman–Crippen MR) is 73.8 cm³/mol. The molecular weight excluding hydrogens is 250 g/mol. The first kappa shape index (κ1) is 15.4. The van der Waals surface area contributed by atoms with Crippen molar-refractivity contribution in [3.63, 3.8) is 0 Å². The Labute approximate surface area is 105 Å². The first-order valence-electron chi connectivity index (χ1n) is 6.28. The summed E-state index contributed by atoms with van der Waals surface area (Å²) in [5.41, 5.74) is 0.474. The standard InChI is InChI=1S/C13H28BrN/c1-6-12(4)9-15(5)11-13(7-2,8-3)10-14/h12H,6-11H2,1-5H3. The summed E-state index contributed by atoms with van der Waals surface area (Å²) in [5.74, 6) is 0.816. The fourth-order valence-electron chi connectivity index (χ4n) is 2.00. The van der Waals surface area contributed by atoms with Crippen LogP contribution in [0.15, 0.2) is 0 Å². The van der Waals surface area contributed by atoms with Crippen molar-refractivity contribution in [3.8, 4) is 0 Å². The molecule has 0 aromatic carbocycles. The summed E-state index contributed by atoms with van der Waals surface area (Å²) >= 11 is 3.68. The van der Waals surface area contributed by atoms with Gasteiger partial charge in [-0.15, -0.1) is 0 Å². The Kier molecular flexibility index (Phi) is 7.90. The normalized spacial score (nSPS) is 14.6. The van der Waals surface area contributed by atoms with Gasteiger partial charge in [0, 0.05) is 18.4 Å². The van der Waals surface area contributed by atoms with Crippen LogP contribution in [0, 0.1) is 11.3 Å². The van der Waals surface area contributed by atoms with Crippen molar-refractivity contribution < 1.29 is 0 Å². The predicted octanol–water partition coefficient (Wildman–Crippen LogP) is 4.17. The zero-order chi connectivity index (χ0) is 11.9. The van der Waals surface area contributed by atoms with E-state index in [0.717, 1.165) is 11.2 Å². The number of halogens is 1. The molecule has 0 spiro atoms. The summed E-state index contributed by atoms with van der Waals surface area (Å²) in [6, 6.07) is 0. The van der Waals surface area contributed by atoms with Crippen LogP contribution in [0.5, 0.6) is 0 Å². The van der Waals surface area contributed by atoms with Crippen LogP contribution in [0.25, 0.3) is 0 Å². The Bertz CT molecular complexity index is 146. The fourth-order valence-corrected chi connectivity index (χ4v) is 2.97. The minimum Gasteiger partial charge on any atom is -0.306 e. The first-order chi connectivity index (χ1) is 7.03. The third-order valence-corrected chi connectivity index (χ3v) is 4.90. The SMILES string of the molecule is CCC(C)CN(C)CC(CC)(CC)CBr. The van der Waals surface area contributed by atoms with E-state index in [1.54, 1.807) is 0 Å². The lowest BCUT2D eigenvalue weighted by Gasteiger charge is -2.35. The van der Waals surface area contributed by atoms with Gasteiger partial charge in [0.2, 0.25) is 0 Å². The van der Waals surface area contributed by atoms with E-state index in [0.29, 0.717) is 5.41 Å². The summed E-state index contributed by atoms with van der Waals surface area (Å²) in [4.78, 5) is 2.50. The van der Waals surface area contributed by atoms with Crippen molar-refractivity contribution >= 4 is 15.9 Å². The molecule has 0 saturated carbocycles. The Balaban J connectivity index is 4.16. The second-order valence-electron chi connectivity index (χ2n) is 5.05. The van der Waals surface area contributed by atoms with Gasteiger partial charge in [0.25, 0.3) is 0 Å². The molecule has 92 valence electrons. The van der Waals surface area contributed by atoms with Crippen LogP contribution >= 0.6 is 15.9 Å². The number of hydrogen-bond acceptors (Lipinski definition) is 1. The maximum absolute atomic E-state index is 3.68. The van der Waals surface area contributed by atoms with E-state index in [1.807, 2.05) is 0 Å². The molecule has 0 amide bonds. The number of alkyl halides is 1. The van der Waals surface area contributed by atoms with Gasteiger partial charge in [0.05, 0.1) is 0 Å². The largest absolute Gasteiger partial charge is 0.306 e. The third kappa shape index (κ3) is 5.35. The molecule has 15 heavy (non-hydrogen) atoms. The van der Waals surface area contributed by atoms with E-state index in [9.17, 15) is 0 Å². The van der Waals surface area contributed by atoms with Crippen molar-refractivity contribution in [2.75, 3.05) is 25.5 Å². The average molecular weight is 278 g/mol. The molecule has 0 radical (unpaired) electrons. The highest BCUT2D eigenvalue weighted by molar-refractivity contribution is 9.09. The molecule has 0 aliphatic rings. The van der Waals surface area contributed by atoms with Crippen LogP contribution in [0.1, 0.15) is 47.0 Å². The Morgan fingerprint density at radius 2 is 1.73 bits per heavy atom. The van der Waals surface area contributed by atoms with Crippen LogP contribution in [-0.2, 0) is 0 Å². The molecule has 0 bridgehead atoms. The Morgan fingerprint density at radius 3 is 2.07 bits per heavy atom. The zero-order valence-corrected chi connectivity index (χ0v) is 12.7. The average Bonchev–Trinajstić information content (AvgIpc) is 2.26. The fraction of sp³-hybridized carbons (Fsp3) is 1.00. The zero-order valence-electron chi connectivity index (χ0n) is 11.1. The van der Waals surface area contributed by atoms with E-state index in [-0.39, 0.29) is 0 Å². The minimum absolute atomic E-state index is 0.474. The molecule has 0 fully saturated rings. The number of nitrogens with zero attached hydrogens (tertiary/aromatic N) is 1. The van der Waals surface area contributed by atoms with Crippen molar-refractivity contribution in [2.45, 2.75) is 47.0 Å². The van der Waals surface area contributed by atoms with Crippen LogP contribution in [0.4, 0.5) is 0 Å². The van der Waals surface area contributed by atoms with Gasteiger partial charge in [0.15, 0.2) is 0 Å². The second-order valence-corrected chi connectivity index (χ2v) is 5.61. The molecule has 1 nitrogen and oxygen atoms in total. The lowest BCUT2D eigenvalue weighted by Crippen LogP contribution is -2.38. The summed E-state index contributed by atoms with van der Waals surface area (Å²) < 4.78 is 0. The maximum atomic E-state index is 3.68. The van der Waals surface area contributed by atoms with Gasteiger partial charge < -0.3 is 4.90 Å². The summed E-state index contributed by atoms with van der Waals surface area (Å²) in [5, 5.41) is 1.12. The Morgan fingerprint density at radius 1 is 1.20 bits per heavy atom. The lowest BCUT2D eigenvalue weighted by molar-refractivity contribution is 0.168. The molecule has 2 heteroatoms. The maximum Gasteiger partial charge on any atom is 0.01000 e. The van der Waals surface area contributed by atoms with E-state index in [2.05, 4.69) is 55.6 Å². The molecule has 0 rings (SSSR count). The number of hydrogen-bond donors (Lipinski definition) is 0. The molecule has 1 atom stereocenters. The van der Waals surface area contributed by atoms with Crippen molar-refractivity contribution in [1.29, 1.82) is 0 Å². The third-order valence-electron chi connectivity index (χ3n) is 3.71. The molecule has 0 aliphatic carbocycles. The molecule has 0 aliphatic heterocycles. The molecule has 0 heterocycles.